The molecule has 0 heterocycles. The Morgan fingerprint density at radius 2 is 1.75 bits per heavy atom. The molecule has 0 bridgehead atoms. The summed E-state index contributed by atoms with van der Waals surface area (Å²) < 4.78 is 4.53. The van der Waals surface area contributed by atoms with Gasteiger partial charge in [0.05, 0.1) is 7.11 Å². The van der Waals surface area contributed by atoms with E-state index < -0.39 is 0 Å². The zero-order valence-electron chi connectivity index (χ0n) is 12.6. The molecular formula is C17H26O3. The van der Waals surface area contributed by atoms with Crippen molar-refractivity contribution in [2.45, 2.75) is 51.9 Å². The van der Waals surface area contributed by atoms with Gasteiger partial charge < -0.3 is 4.74 Å². The summed E-state index contributed by atoms with van der Waals surface area (Å²) >= 11 is 0. The van der Waals surface area contributed by atoms with E-state index in [9.17, 15) is 9.59 Å². The van der Waals surface area contributed by atoms with Gasteiger partial charge in [-0.15, -0.1) is 0 Å². The van der Waals surface area contributed by atoms with Gasteiger partial charge in [0.15, 0.2) is 5.78 Å². The molecule has 20 heavy (non-hydrogen) atoms. The lowest BCUT2D eigenvalue weighted by Gasteiger charge is -1.97. The van der Waals surface area contributed by atoms with Gasteiger partial charge in [0, 0.05) is 12.8 Å². The van der Waals surface area contributed by atoms with Gasteiger partial charge in [-0.3, -0.25) is 9.59 Å². The van der Waals surface area contributed by atoms with E-state index in [1.54, 1.807) is 12.2 Å². The predicted molar refractivity (Wildman–Crippen MR) is 82.4 cm³/mol. The molecule has 3 nitrogen and oxygen atoms in total. The summed E-state index contributed by atoms with van der Waals surface area (Å²) in [7, 11) is 1.38. The van der Waals surface area contributed by atoms with Crippen LogP contribution in [0.2, 0.25) is 0 Å². The van der Waals surface area contributed by atoms with Gasteiger partial charge in [0.25, 0.3) is 0 Å². The van der Waals surface area contributed by atoms with Crippen LogP contribution in [-0.4, -0.2) is 18.9 Å². The molecule has 0 saturated heterocycles. The molecule has 0 aliphatic carbocycles. The first-order valence-corrected chi connectivity index (χ1v) is 7.28. The maximum Gasteiger partial charge on any atom is 0.305 e. The lowest BCUT2D eigenvalue weighted by molar-refractivity contribution is -0.140. The van der Waals surface area contributed by atoms with Crippen LogP contribution in [0.1, 0.15) is 51.9 Å². The van der Waals surface area contributed by atoms with Crippen LogP contribution in [0.25, 0.3) is 0 Å². The number of carbonyl (C=O) groups excluding carboxylic acids is 2. The Morgan fingerprint density at radius 1 is 1.00 bits per heavy atom. The van der Waals surface area contributed by atoms with Gasteiger partial charge in [-0.25, -0.2) is 0 Å². The zero-order valence-corrected chi connectivity index (χ0v) is 12.6. The fourth-order valence-corrected chi connectivity index (χ4v) is 1.53. The van der Waals surface area contributed by atoms with Crippen LogP contribution in [0.3, 0.4) is 0 Å². The lowest BCUT2D eigenvalue weighted by atomic mass is 10.1. The molecule has 0 aromatic heterocycles. The highest BCUT2D eigenvalue weighted by Crippen LogP contribution is 2.02. The number of hydrogen-bond acceptors (Lipinski definition) is 3. The van der Waals surface area contributed by atoms with Crippen LogP contribution in [0.15, 0.2) is 36.5 Å². The van der Waals surface area contributed by atoms with Gasteiger partial charge in [0.2, 0.25) is 0 Å². The third kappa shape index (κ3) is 12.8. The average Bonchev–Trinajstić information content (AvgIpc) is 2.46. The van der Waals surface area contributed by atoms with Crippen molar-refractivity contribution in [3.8, 4) is 0 Å². The third-order valence-corrected chi connectivity index (χ3v) is 2.71. The van der Waals surface area contributed by atoms with Crippen LogP contribution in [0.4, 0.5) is 0 Å². The Labute approximate surface area is 122 Å². The summed E-state index contributed by atoms with van der Waals surface area (Å²) in [5, 5.41) is 0. The average molecular weight is 278 g/mol. The number of methoxy groups -OCH3 is 1. The molecule has 0 aliphatic rings. The Bertz CT molecular complexity index is 351. The molecule has 0 saturated carbocycles. The van der Waals surface area contributed by atoms with Gasteiger partial charge in [-0.2, -0.15) is 0 Å². The van der Waals surface area contributed by atoms with E-state index in [1.807, 2.05) is 12.2 Å². The van der Waals surface area contributed by atoms with Gasteiger partial charge >= 0.3 is 5.97 Å². The minimum absolute atomic E-state index is 0.0982. The Morgan fingerprint density at radius 3 is 2.45 bits per heavy atom. The molecule has 0 N–H and O–H groups in total. The highest BCUT2D eigenvalue weighted by molar-refractivity contribution is 5.89. The van der Waals surface area contributed by atoms with Crippen LogP contribution in [0.5, 0.6) is 0 Å². The second kappa shape index (κ2) is 13.8. The topological polar surface area (TPSA) is 43.4 Å². The molecule has 3 heteroatoms. The molecule has 0 unspecified atom stereocenters. The monoisotopic (exact) mass is 278 g/mol. The standard InChI is InChI=1S/C17H26O3/c1-3-4-5-6-7-8-9-10-13-16(18)14-11-12-15-17(19)20-2/h5-6,8-10,13H,3-4,7,11-12,14-15H2,1-2H3. The van der Waals surface area contributed by atoms with E-state index in [2.05, 4.69) is 23.8 Å². The van der Waals surface area contributed by atoms with Gasteiger partial charge in [-0.05, 0) is 31.8 Å². The normalized spacial score (nSPS) is 11.7. The summed E-state index contributed by atoms with van der Waals surface area (Å²) in [5.74, 6) is -0.118. The molecule has 0 aliphatic heterocycles. The Hall–Kier alpha value is -1.64. The summed E-state index contributed by atoms with van der Waals surface area (Å²) in [6.07, 6.45) is 17.1. The van der Waals surface area contributed by atoms with E-state index >= 15 is 0 Å². The molecule has 0 fully saturated rings. The van der Waals surface area contributed by atoms with E-state index in [1.165, 1.54) is 13.5 Å². The Kier molecular flexibility index (Phi) is 12.7. The highest BCUT2D eigenvalue weighted by atomic mass is 16.5. The second-order valence-electron chi connectivity index (χ2n) is 4.53. The minimum Gasteiger partial charge on any atom is -0.469 e. The summed E-state index contributed by atoms with van der Waals surface area (Å²) in [6.45, 7) is 2.15. The molecule has 0 amide bonds. The van der Waals surface area contributed by atoms with Crippen molar-refractivity contribution in [2.24, 2.45) is 0 Å². The van der Waals surface area contributed by atoms with Crippen LogP contribution in [-0.2, 0) is 14.3 Å². The van der Waals surface area contributed by atoms with Crippen molar-refractivity contribution in [1.29, 1.82) is 0 Å². The number of hydrogen-bond donors (Lipinski definition) is 0. The fraction of sp³-hybridized carbons (Fsp3) is 0.529. The number of esters is 1. The highest BCUT2D eigenvalue weighted by Gasteiger charge is 2.01. The third-order valence-electron chi connectivity index (χ3n) is 2.71. The molecule has 0 aromatic carbocycles. The summed E-state index contributed by atoms with van der Waals surface area (Å²) in [6, 6.07) is 0. The maximum absolute atomic E-state index is 11.5. The van der Waals surface area contributed by atoms with Crippen molar-refractivity contribution in [3.63, 3.8) is 0 Å². The number of ketones is 1. The summed E-state index contributed by atoms with van der Waals surface area (Å²) in [4.78, 5) is 22.3. The molecule has 112 valence electrons. The largest absolute Gasteiger partial charge is 0.469 e. The second-order valence-corrected chi connectivity index (χ2v) is 4.53. The van der Waals surface area contributed by atoms with Gasteiger partial charge in [-0.1, -0.05) is 43.7 Å². The SMILES string of the molecule is CCCC=CCC=CC=CC(=O)CCCCC(=O)OC. The number of unbranched alkanes of at least 4 members (excludes halogenated alkanes) is 2. The molecule has 0 rings (SSSR count). The summed E-state index contributed by atoms with van der Waals surface area (Å²) in [5.41, 5.74) is 0. The molecule has 0 radical (unpaired) electrons. The first-order chi connectivity index (χ1) is 9.70. The zero-order chi connectivity index (χ0) is 15.1. The number of carbonyl (C=O) groups is 2. The molecule has 0 aromatic rings. The molecular weight excluding hydrogens is 252 g/mol. The van der Waals surface area contributed by atoms with Crippen LogP contribution >= 0.6 is 0 Å². The van der Waals surface area contributed by atoms with Crippen LogP contribution in [0, 0.1) is 0 Å². The predicted octanol–water partition coefficient (Wildman–Crippen LogP) is 4.15. The maximum atomic E-state index is 11.5. The van der Waals surface area contributed by atoms with Crippen molar-refractivity contribution >= 4 is 11.8 Å². The first kappa shape index (κ1) is 18.4. The van der Waals surface area contributed by atoms with Crippen molar-refractivity contribution in [1.82, 2.24) is 0 Å². The van der Waals surface area contributed by atoms with E-state index in [0.717, 1.165) is 19.3 Å². The van der Waals surface area contributed by atoms with Gasteiger partial charge in [0.1, 0.15) is 0 Å². The fourth-order valence-electron chi connectivity index (χ4n) is 1.53. The van der Waals surface area contributed by atoms with Crippen molar-refractivity contribution in [3.05, 3.63) is 36.5 Å². The van der Waals surface area contributed by atoms with E-state index in [4.69, 9.17) is 0 Å². The quantitative estimate of drug-likeness (QED) is 0.187. The smallest absolute Gasteiger partial charge is 0.305 e. The number of allylic oxidation sites excluding steroid dienone is 6. The molecule has 0 atom stereocenters. The number of rotatable bonds is 11. The lowest BCUT2D eigenvalue weighted by Crippen LogP contribution is -2.00. The van der Waals surface area contributed by atoms with E-state index in [0.29, 0.717) is 19.3 Å². The van der Waals surface area contributed by atoms with Crippen molar-refractivity contribution in [2.75, 3.05) is 7.11 Å². The first-order valence-electron chi connectivity index (χ1n) is 7.28. The van der Waals surface area contributed by atoms with Crippen molar-refractivity contribution < 1.29 is 14.3 Å². The van der Waals surface area contributed by atoms with Crippen LogP contribution < -0.4 is 0 Å². The number of ether oxygens (including phenoxy) is 1. The van der Waals surface area contributed by atoms with E-state index in [-0.39, 0.29) is 11.8 Å². The minimum atomic E-state index is -0.216. The Balaban J connectivity index is 3.62. The molecule has 0 spiro atoms.